The van der Waals surface area contributed by atoms with Crippen molar-refractivity contribution in [3.8, 4) is 0 Å². The van der Waals surface area contributed by atoms with Crippen molar-refractivity contribution in [3.63, 3.8) is 0 Å². The standard InChI is InChI=1S/C14H19IN2O4/c1-9(2)8-21-6-5-16-14(20)17-12-4-3-10(15)7-11(12)13(18)19/h3-4,7,9H,5-6,8H2,1-2H3,(H,18,19)(H2,16,17,20). The van der Waals surface area contributed by atoms with E-state index in [-0.39, 0.29) is 11.3 Å². The number of hydrogen-bond acceptors (Lipinski definition) is 3. The van der Waals surface area contributed by atoms with Crippen LogP contribution in [0.5, 0.6) is 0 Å². The Morgan fingerprint density at radius 1 is 1.38 bits per heavy atom. The Kier molecular flexibility index (Phi) is 7.44. The minimum atomic E-state index is -1.08. The number of rotatable bonds is 7. The fourth-order valence-corrected chi connectivity index (χ4v) is 2.02. The van der Waals surface area contributed by atoms with E-state index in [9.17, 15) is 9.59 Å². The lowest BCUT2D eigenvalue weighted by atomic mass is 10.2. The average molecular weight is 406 g/mol. The lowest BCUT2D eigenvalue weighted by molar-refractivity contribution is 0.0698. The molecule has 7 heteroatoms. The summed E-state index contributed by atoms with van der Waals surface area (Å²) >= 11 is 2.02. The summed E-state index contributed by atoms with van der Waals surface area (Å²) in [6.45, 7) is 5.52. The average Bonchev–Trinajstić information content (AvgIpc) is 2.39. The summed E-state index contributed by atoms with van der Waals surface area (Å²) < 4.78 is 6.13. The van der Waals surface area contributed by atoms with E-state index in [0.29, 0.717) is 25.7 Å². The van der Waals surface area contributed by atoms with Crippen LogP contribution < -0.4 is 10.6 Å². The number of carbonyl (C=O) groups excluding carboxylic acids is 1. The van der Waals surface area contributed by atoms with E-state index in [1.165, 1.54) is 6.07 Å². The number of benzene rings is 1. The molecule has 0 aliphatic rings. The maximum atomic E-state index is 11.7. The summed E-state index contributed by atoms with van der Waals surface area (Å²) in [5.41, 5.74) is 0.330. The Labute approximate surface area is 137 Å². The van der Waals surface area contributed by atoms with Crippen LogP contribution in [-0.4, -0.2) is 36.9 Å². The molecule has 0 unspecified atom stereocenters. The minimum Gasteiger partial charge on any atom is -0.478 e. The third-order valence-corrected chi connectivity index (χ3v) is 3.11. The van der Waals surface area contributed by atoms with Crippen LogP contribution in [-0.2, 0) is 4.74 Å². The van der Waals surface area contributed by atoms with Crippen LogP contribution in [0.15, 0.2) is 18.2 Å². The quantitative estimate of drug-likeness (QED) is 0.480. The van der Waals surface area contributed by atoms with Crippen LogP contribution in [0.1, 0.15) is 24.2 Å². The van der Waals surface area contributed by atoms with Crippen LogP contribution in [0.4, 0.5) is 10.5 Å². The van der Waals surface area contributed by atoms with Crippen molar-refractivity contribution in [3.05, 3.63) is 27.3 Å². The van der Waals surface area contributed by atoms with Gasteiger partial charge in [-0.3, -0.25) is 0 Å². The monoisotopic (exact) mass is 406 g/mol. The number of carboxylic acid groups (broad SMARTS) is 1. The highest BCUT2D eigenvalue weighted by atomic mass is 127. The second-order valence-electron chi connectivity index (χ2n) is 4.84. The normalized spacial score (nSPS) is 10.5. The number of halogens is 1. The summed E-state index contributed by atoms with van der Waals surface area (Å²) in [7, 11) is 0. The molecule has 2 amide bonds. The van der Waals surface area contributed by atoms with Gasteiger partial charge >= 0.3 is 12.0 Å². The lowest BCUT2D eigenvalue weighted by Crippen LogP contribution is -2.32. The number of ether oxygens (including phenoxy) is 1. The van der Waals surface area contributed by atoms with Gasteiger partial charge in [0.1, 0.15) is 0 Å². The molecule has 0 fully saturated rings. The molecule has 3 N–H and O–H groups in total. The molecule has 0 saturated carbocycles. The Hall–Kier alpha value is -1.35. The Balaban J connectivity index is 2.46. The van der Waals surface area contributed by atoms with Gasteiger partial charge in [-0.25, -0.2) is 9.59 Å². The fraction of sp³-hybridized carbons (Fsp3) is 0.429. The van der Waals surface area contributed by atoms with Crippen molar-refractivity contribution in [1.29, 1.82) is 0 Å². The van der Waals surface area contributed by atoms with Gasteiger partial charge in [0.25, 0.3) is 0 Å². The van der Waals surface area contributed by atoms with Gasteiger partial charge in [-0.2, -0.15) is 0 Å². The van der Waals surface area contributed by atoms with Crippen LogP contribution >= 0.6 is 22.6 Å². The summed E-state index contributed by atoms with van der Waals surface area (Å²) in [5, 5.41) is 14.3. The molecule has 0 atom stereocenters. The van der Waals surface area contributed by atoms with Crippen molar-refractivity contribution in [2.24, 2.45) is 5.92 Å². The Bertz CT molecular complexity index is 506. The first kappa shape index (κ1) is 17.7. The summed E-state index contributed by atoms with van der Waals surface area (Å²) in [5.74, 6) is -0.632. The Morgan fingerprint density at radius 2 is 2.10 bits per heavy atom. The molecule has 0 bridgehead atoms. The molecule has 0 saturated heterocycles. The number of hydrogen-bond donors (Lipinski definition) is 3. The predicted octanol–water partition coefficient (Wildman–Crippen LogP) is 2.78. The molecule has 21 heavy (non-hydrogen) atoms. The van der Waals surface area contributed by atoms with E-state index in [1.54, 1.807) is 12.1 Å². The largest absolute Gasteiger partial charge is 0.478 e. The highest BCUT2D eigenvalue weighted by molar-refractivity contribution is 14.1. The first-order valence-corrected chi connectivity index (χ1v) is 7.63. The molecule has 0 heterocycles. The predicted molar refractivity (Wildman–Crippen MR) is 88.8 cm³/mol. The minimum absolute atomic E-state index is 0.0631. The number of aromatic carboxylic acids is 1. The van der Waals surface area contributed by atoms with Crippen molar-refractivity contribution >= 4 is 40.3 Å². The van der Waals surface area contributed by atoms with Crippen molar-refractivity contribution in [2.45, 2.75) is 13.8 Å². The highest BCUT2D eigenvalue weighted by Gasteiger charge is 2.12. The summed E-state index contributed by atoms with van der Waals surface area (Å²) in [4.78, 5) is 22.8. The summed E-state index contributed by atoms with van der Waals surface area (Å²) in [6, 6.07) is 4.35. The molecule has 1 aromatic rings. The van der Waals surface area contributed by atoms with Crippen molar-refractivity contribution < 1.29 is 19.4 Å². The maximum absolute atomic E-state index is 11.7. The second kappa shape index (κ2) is 8.83. The molecular weight excluding hydrogens is 387 g/mol. The van der Waals surface area contributed by atoms with Crippen LogP contribution in [0.25, 0.3) is 0 Å². The zero-order valence-electron chi connectivity index (χ0n) is 12.0. The first-order chi connectivity index (χ1) is 9.90. The molecule has 0 aliphatic carbocycles. The summed E-state index contributed by atoms with van der Waals surface area (Å²) in [6.07, 6.45) is 0. The number of amides is 2. The van der Waals surface area contributed by atoms with Crippen LogP contribution in [0, 0.1) is 9.49 Å². The van der Waals surface area contributed by atoms with E-state index in [2.05, 4.69) is 10.6 Å². The van der Waals surface area contributed by atoms with E-state index < -0.39 is 12.0 Å². The van der Waals surface area contributed by atoms with Gasteiger partial charge in [-0.1, -0.05) is 13.8 Å². The van der Waals surface area contributed by atoms with Crippen LogP contribution in [0.3, 0.4) is 0 Å². The molecule has 6 nitrogen and oxygen atoms in total. The highest BCUT2D eigenvalue weighted by Crippen LogP contribution is 2.18. The maximum Gasteiger partial charge on any atom is 0.337 e. The van der Waals surface area contributed by atoms with Gasteiger partial charge < -0.3 is 20.5 Å². The van der Waals surface area contributed by atoms with Gasteiger partial charge in [0.15, 0.2) is 0 Å². The molecule has 0 aliphatic heterocycles. The topological polar surface area (TPSA) is 87.7 Å². The van der Waals surface area contributed by atoms with Gasteiger partial charge in [-0.05, 0) is 46.7 Å². The van der Waals surface area contributed by atoms with E-state index in [0.717, 1.165) is 3.57 Å². The number of carboxylic acids is 1. The van der Waals surface area contributed by atoms with Gasteiger partial charge in [-0.15, -0.1) is 0 Å². The molecule has 116 valence electrons. The zero-order chi connectivity index (χ0) is 15.8. The van der Waals surface area contributed by atoms with E-state index >= 15 is 0 Å². The molecule has 1 rings (SSSR count). The molecule has 0 spiro atoms. The number of anilines is 1. The molecular formula is C14H19IN2O4. The lowest BCUT2D eigenvalue weighted by Gasteiger charge is -2.11. The van der Waals surface area contributed by atoms with Gasteiger partial charge in [0.05, 0.1) is 17.9 Å². The van der Waals surface area contributed by atoms with Gasteiger partial charge in [0, 0.05) is 16.7 Å². The number of carbonyl (C=O) groups is 2. The first-order valence-electron chi connectivity index (χ1n) is 6.55. The van der Waals surface area contributed by atoms with E-state index in [4.69, 9.17) is 9.84 Å². The fourth-order valence-electron chi connectivity index (χ4n) is 1.52. The zero-order valence-corrected chi connectivity index (χ0v) is 14.1. The third kappa shape index (κ3) is 6.76. The van der Waals surface area contributed by atoms with Crippen molar-refractivity contribution in [1.82, 2.24) is 5.32 Å². The third-order valence-electron chi connectivity index (χ3n) is 2.44. The Morgan fingerprint density at radius 3 is 2.71 bits per heavy atom. The number of urea groups is 1. The molecule has 0 aromatic heterocycles. The van der Waals surface area contributed by atoms with Gasteiger partial charge in [0.2, 0.25) is 0 Å². The molecule has 1 aromatic carbocycles. The van der Waals surface area contributed by atoms with E-state index in [1.807, 2.05) is 36.4 Å². The van der Waals surface area contributed by atoms with Crippen LogP contribution in [0.2, 0.25) is 0 Å². The van der Waals surface area contributed by atoms with Crippen molar-refractivity contribution in [2.75, 3.05) is 25.1 Å². The molecule has 0 radical (unpaired) electrons. The smallest absolute Gasteiger partial charge is 0.337 e. The number of nitrogens with one attached hydrogen (secondary N) is 2. The second-order valence-corrected chi connectivity index (χ2v) is 6.09. The SMILES string of the molecule is CC(C)COCCNC(=O)Nc1ccc(I)cc1C(=O)O.